The van der Waals surface area contributed by atoms with Gasteiger partial charge in [0.25, 0.3) is 5.91 Å². The van der Waals surface area contributed by atoms with E-state index < -0.39 is 11.4 Å². The highest BCUT2D eigenvalue weighted by molar-refractivity contribution is 5.92. The fraction of sp³-hybridized carbons (Fsp3) is 0.308. The van der Waals surface area contributed by atoms with E-state index in [0.717, 1.165) is 0 Å². The molecule has 20 heavy (non-hydrogen) atoms. The highest BCUT2D eigenvalue weighted by Crippen LogP contribution is 2.08. The van der Waals surface area contributed by atoms with Crippen molar-refractivity contribution in [1.82, 2.24) is 20.3 Å². The second-order valence-corrected chi connectivity index (χ2v) is 4.99. The van der Waals surface area contributed by atoms with Crippen LogP contribution in [0.5, 0.6) is 0 Å². The number of aromatic nitrogens is 3. The van der Waals surface area contributed by atoms with Gasteiger partial charge in [-0.3, -0.25) is 4.79 Å². The fourth-order valence-electron chi connectivity index (χ4n) is 1.48. The fourth-order valence-corrected chi connectivity index (χ4v) is 1.48. The predicted octanol–water partition coefficient (Wildman–Crippen LogP) is 0.907. The van der Waals surface area contributed by atoms with Crippen LogP contribution in [0.15, 0.2) is 30.5 Å². The van der Waals surface area contributed by atoms with E-state index in [9.17, 15) is 9.18 Å². The van der Waals surface area contributed by atoms with Crippen molar-refractivity contribution in [3.8, 4) is 5.69 Å². The Balaban J connectivity index is 2.17. The second kappa shape index (κ2) is 5.38. The Morgan fingerprint density at radius 1 is 1.40 bits per heavy atom. The minimum absolute atomic E-state index is 0.121. The summed E-state index contributed by atoms with van der Waals surface area (Å²) in [7, 11) is 0. The Morgan fingerprint density at radius 3 is 2.65 bits per heavy atom. The molecule has 0 radical (unpaired) electrons. The van der Waals surface area contributed by atoms with Gasteiger partial charge in [-0.1, -0.05) is 0 Å². The number of hydrogen-bond acceptors (Lipinski definition) is 4. The molecule has 7 heteroatoms. The summed E-state index contributed by atoms with van der Waals surface area (Å²) in [5.74, 6) is -0.791. The van der Waals surface area contributed by atoms with Crippen LogP contribution in [0.3, 0.4) is 0 Å². The lowest BCUT2D eigenvalue weighted by Gasteiger charge is -2.22. The largest absolute Gasteiger partial charge is 0.394 e. The second-order valence-electron chi connectivity index (χ2n) is 4.99. The van der Waals surface area contributed by atoms with Crippen molar-refractivity contribution in [3.05, 3.63) is 42.0 Å². The summed E-state index contributed by atoms with van der Waals surface area (Å²) in [6.07, 6.45) is 1.31. The predicted molar refractivity (Wildman–Crippen MR) is 69.9 cm³/mol. The van der Waals surface area contributed by atoms with E-state index in [4.69, 9.17) is 5.11 Å². The number of carbonyl (C=O) groups excluding carboxylic acids is 1. The number of carbonyl (C=O) groups is 1. The first kappa shape index (κ1) is 14.1. The first-order chi connectivity index (χ1) is 9.41. The number of halogens is 1. The first-order valence-electron chi connectivity index (χ1n) is 6.03. The topological polar surface area (TPSA) is 80.0 Å². The quantitative estimate of drug-likeness (QED) is 0.871. The van der Waals surface area contributed by atoms with Gasteiger partial charge < -0.3 is 10.4 Å². The summed E-state index contributed by atoms with van der Waals surface area (Å²) in [5, 5.41) is 19.7. The molecule has 0 unspecified atom stereocenters. The SMILES string of the molecule is CC(C)(CO)NC(=O)c1cnn(-c2ccc(F)cc2)n1. The van der Waals surface area contributed by atoms with E-state index in [1.165, 1.54) is 35.3 Å². The number of benzene rings is 1. The smallest absolute Gasteiger partial charge is 0.273 e. The molecule has 2 aromatic rings. The average molecular weight is 278 g/mol. The molecule has 0 saturated heterocycles. The molecule has 2 rings (SSSR count). The summed E-state index contributed by atoms with van der Waals surface area (Å²) in [5.41, 5.74) is -0.0702. The zero-order valence-electron chi connectivity index (χ0n) is 11.2. The highest BCUT2D eigenvalue weighted by atomic mass is 19.1. The van der Waals surface area contributed by atoms with Crippen molar-refractivity contribution in [2.24, 2.45) is 0 Å². The van der Waals surface area contributed by atoms with Gasteiger partial charge in [0.05, 0.1) is 24.0 Å². The van der Waals surface area contributed by atoms with Crippen LogP contribution in [0, 0.1) is 5.82 Å². The maximum Gasteiger partial charge on any atom is 0.273 e. The van der Waals surface area contributed by atoms with Crippen LogP contribution in [0.2, 0.25) is 0 Å². The molecule has 0 aliphatic rings. The maximum absolute atomic E-state index is 12.8. The van der Waals surface area contributed by atoms with Gasteiger partial charge in [-0.25, -0.2) is 4.39 Å². The van der Waals surface area contributed by atoms with Gasteiger partial charge in [0, 0.05) is 0 Å². The number of rotatable bonds is 4. The molecule has 1 amide bonds. The third-order valence-corrected chi connectivity index (χ3v) is 2.63. The molecule has 1 aromatic heterocycles. The molecule has 0 spiro atoms. The van der Waals surface area contributed by atoms with Crippen molar-refractivity contribution >= 4 is 5.91 Å². The van der Waals surface area contributed by atoms with Crippen LogP contribution in [0.4, 0.5) is 4.39 Å². The van der Waals surface area contributed by atoms with Crippen LogP contribution >= 0.6 is 0 Å². The van der Waals surface area contributed by atoms with Crippen molar-refractivity contribution < 1.29 is 14.3 Å². The first-order valence-corrected chi connectivity index (χ1v) is 6.03. The zero-order valence-corrected chi connectivity index (χ0v) is 11.2. The Bertz CT molecular complexity index is 607. The normalized spacial score (nSPS) is 11.4. The molecule has 2 N–H and O–H groups in total. The molecule has 0 fully saturated rings. The molecule has 0 atom stereocenters. The van der Waals surface area contributed by atoms with Gasteiger partial charge in [-0.15, -0.1) is 5.10 Å². The van der Waals surface area contributed by atoms with Crippen LogP contribution in [0.25, 0.3) is 5.69 Å². The number of aliphatic hydroxyl groups excluding tert-OH is 1. The van der Waals surface area contributed by atoms with Crippen molar-refractivity contribution in [3.63, 3.8) is 0 Å². The Morgan fingerprint density at radius 2 is 2.05 bits per heavy atom. The molecule has 106 valence electrons. The van der Waals surface area contributed by atoms with Gasteiger partial charge >= 0.3 is 0 Å². The molecule has 0 aliphatic heterocycles. The minimum Gasteiger partial charge on any atom is -0.394 e. The lowest BCUT2D eigenvalue weighted by molar-refractivity contribution is 0.0864. The summed E-state index contributed by atoms with van der Waals surface area (Å²) >= 11 is 0. The van der Waals surface area contributed by atoms with Gasteiger partial charge in [-0.05, 0) is 38.1 Å². The third-order valence-electron chi connectivity index (χ3n) is 2.63. The van der Waals surface area contributed by atoms with Gasteiger partial charge in [-0.2, -0.15) is 9.90 Å². The van der Waals surface area contributed by atoms with E-state index in [1.54, 1.807) is 13.8 Å². The number of nitrogens with one attached hydrogen (secondary N) is 1. The lowest BCUT2D eigenvalue weighted by atomic mass is 10.1. The van der Waals surface area contributed by atoms with E-state index in [-0.39, 0.29) is 18.1 Å². The lowest BCUT2D eigenvalue weighted by Crippen LogP contribution is -2.46. The molecule has 0 aliphatic carbocycles. The Kier molecular flexibility index (Phi) is 3.80. The summed E-state index contributed by atoms with van der Waals surface area (Å²) < 4.78 is 12.8. The third kappa shape index (κ3) is 3.18. The maximum atomic E-state index is 12.8. The summed E-state index contributed by atoms with van der Waals surface area (Å²) in [6.45, 7) is 3.19. The molecule has 0 bridgehead atoms. The average Bonchev–Trinajstić information content (AvgIpc) is 2.89. The Hall–Kier alpha value is -2.28. The molecular formula is C13H15FN4O2. The molecular weight excluding hydrogens is 263 g/mol. The van der Waals surface area contributed by atoms with Crippen molar-refractivity contribution in [1.29, 1.82) is 0 Å². The number of nitrogens with zero attached hydrogens (tertiary/aromatic N) is 3. The van der Waals surface area contributed by atoms with Crippen LogP contribution < -0.4 is 5.32 Å². The number of hydrogen-bond donors (Lipinski definition) is 2. The van der Waals surface area contributed by atoms with Crippen molar-refractivity contribution in [2.45, 2.75) is 19.4 Å². The standard InChI is InChI=1S/C13H15FN4O2/c1-13(2,8-19)16-12(20)11-7-15-18(17-11)10-5-3-9(14)4-6-10/h3-7,19H,8H2,1-2H3,(H,16,20). The number of amides is 1. The zero-order chi connectivity index (χ0) is 14.8. The highest BCUT2D eigenvalue weighted by Gasteiger charge is 2.21. The van der Waals surface area contributed by atoms with Crippen LogP contribution in [0.1, 0.15) is 24.3 Å². The molecule has 0 saturated carbocycles. The molecule has 1 heterocycles. The number of aliphatic hydroxyl groups is 1. The van der Waals surface area contributed by atoms with E-state index in [2.05, 4.69) is 15.5 Å². The van der Waals surface area contributed by atoms with E-state index in [0.29, 0.717) is 5.69 Å². The monoisotopic (exact) mass is 278 g/mol. The van der Waals surface area contributed by atoms with Crippen LogP contribution in [-0.2, 0) is 0 Å². The van der Waals surface area contributed by atoms with Gasteiger partial charge in [0.2, 0.25) is 0 Å². The summed E-state index contributed by atoms with van der Waals surface area (Å²) in [6, 6.07) is 5.59. The molecule has 6 nitrogen and oxygen atoms in total. The summed E-state index contributed by atoms with van der Waals surface area (Å²) in [4.78, 5) is 13.2. The Labute approximate surface area is 115 Å². The minimum atomic E-state index is -0.739. The van der Waals surface area contributed by atoms with Crippen LogP contribution in [-0.4, -0.2) is 38.2 Å². The van der Waals surface area contributed by atoms with Crippen molar-refractivity contribution in [2.75, 3.05) is 6.61 Å². The van der Waals surface area contributed by atoms with E-state index >= 15 is 0 Å². The molecule has 1 aromatic carbocycles. The van der Waals surface area contributed by atoms with Gasteiger partial charge in [0.1, 0.15) is 5.82 Å². The van der Waals surface area contributed by atoms with E-state index in [1.807, 2.05) is 0 Å². The van der Waals surface area contributed by atoms with Gasteiger partial charge in [0.15, 0.2) is 5.69 Å².